The zero-order valence-electron chi connectivity index (χ0n) is 9.55. The van der Waals surface area contributed by atoms with Gasteiger partial charge in [0.25, 0.3) is 0 Å². The molecule has 2 rings (SSSR count). The molecule has 1 aliphatic carbocycles. The Morgan fingerprint density at radius 3 is 2.29 bits per heavy atom. The summed E-state index contributed by atoms with van der Waals surface area (Å²) in [6, 6.07) is 0. The highest BCUT2D eigenvalue weighted by Gasteiger charge is 2.64. The largest absolute Gasteiger partial charge is 0.328 e. The SMILES string of the molecule is CC1(C)C(CN2CNCC2=O)C1(C)C. The van der Waals surface area contributed by atoms with E-state index in [1.165, 1.54) is 0 Å². The molecule has 0 spiro atoms. The van der Waals surface area contributed by atoms with Gasteiger partial charge in [0.1, 0.15) is 0 Å². The molecular weight excluding hydrogens is 176 g/mol. The Bertz CT molecular complexity index is 256. The third-order valence-electron chi connectivity index (χ3n) is 4.65. The van der Waals surface area contributed by atoms with Crippen LogP contribution in [0.15, 0.2) is 0 Å². The van der Waals surface area contributed by atoms with E-state index in [0.29, 0.717) is 23.3 Å². The van der Waals surface area contributed by atoms with Crippen LogP contribution in [0.3, 0.4) is 0 Å². The van der Waals surface area contributed by atoms with Crippen molar-refractivity contribution in [3.8, 4) is 0 Å². The van der Waals surface area contributed by atoms with Crippen LogP contribution in [-0.4, -0.2) is 30.6 Å². The van der Waals surface area contributed by atoms with E-state index in [4.69, 9.17) is 0 Å². The number of carbonyl (C=O) groups is 1. The molecule has 1 aliphatic heterocycles. The van der Waals surface area contributed by atoms with Crippen LogP contribution >= 0.6 is 0 Å². The van der Waals surface area contributed by atoms with Gasteiger partial charge in [-0.25, -0.2) is 0 Å². The van der Waals surface area contributed by atoms with Crippen molar-refractivity contribution in [3.05, 3.63) is 0 Å². The van der Waals surface area contributed by atoms with Crippen LogP contribution in [0.25, 0.3) is 0 Å². The summed E-state index contributed by atoms with van der Waals surface area (Å²) in [5, 5.41) is 3.09. The number of nitrogens with one attached hydrogen (secondary N) is 1. The van der Waals surface area contributed by atoms with Crippen LogP contribution in [0.5, 0.6) is 0 Å². The Balaban J connectivity index is 1.97. The fourth-order valence-corrected chi connectivity index (χ4v) is 2.67. The third kappa shape index (κ3) is 1.18. The lowest BCUT2D eigenvalue weighted by atomic mass is 10.0. The Kier molecular flexibility index (Phi) is 1.94. The monoisotopic (exact) mass is 196 g/mol. The highest BCUT2D eigenvalue weighted by Crippen LogP contribution is 2.68. The van der Waals surface area contributed by atoms with Gasteiger partial charge in [-0.1, -0.05) is 27.7 Å². The van der Waals surface area contributed by atoms with Gasteiger partial charge in [-0.2, -0.15) is 0 Å². The molecule has 3 heteroatoms. The number of nitrogens with zero attached hydrogens (tertiary/aromatic N) is 1. The van der Waals surface area contributed by atoms with Crippen molar-refractivity contribution in [1.29, 1.82) is 0 Å². The molecule has 0 unspecified atom stereocenters. The lowest BCUT2D eigenvalue weighted by Gasteiger charge is -2.15. The van der Waals surface area contributed by atoms with Gasteiger partial charge in [-0.05, 0) is 16.7 Å². The van der Waals surface area contributed by atoms with Gasteiger partial charge in [0.2, 0.25) is 5.91 Å². The van der Waals surface area contributed by atoms with Crippen molar-refractivity contribution in [2.75, 3.05) is 19.8 Å². The minimum absolute atomic E-state index is 0.253. The van der Waals surface area contributed by atoms with Crippen molar-refractivity contribution in [1.82, 2.24) is 10.2 Å². The summed E-state index contributed by atoms with van der Waals surface area (Å²) in [6.07, 6.45) is 0. The van der Waals surface area contributed by atoms with Gasteiger partial charge in [0.05, 0.1) is 13.2 Å². The maximum absolute atomic E-state index is 11.4. The first-order valence-corrected chi connectivity index (χ1v) is 5.36. The van der Waals surface area contributed by atoms with Crippen LogP contribution in [0.4, 0.5) is 0 Å². The normalized spacial score (nSPS) is 29.7. The first kappa shape index (κ1) is 9.97. The number of amides is 1. The summed E-state index contributed by atoms with van der Waals surface area (Å²) >= 11 is 0. The predicted octanol–water partition coefficient (Wildman–Crippen LogP) is 1.06. The molecule has 1 amide bonds. The average molecular weight is 196 g/mol. The molecule has 2 aliphatic rings. The smallest absolute Gasteiger partial charge is 0.237 e. The molecule has 0 atom stereocenters. The number of carbonyl (C=O) groups excluding carboxylic acids is 1. The summed E-state index contributed by atoms with van der Waals surface area (Å²) in [5.74, 6) is 0.905. The van der Waals surface area contributed by atoms with Gasteiger partial charge in [-0.3, -0.25) is 10.1 Å². The molecule has 1 saturated carbocycles. The van der Waals surface area contributed by atoms with Gasteiger partial charge in [0.15, 0.2) is 0 Å². The second-order valence-electron chi connectivity index (χ2n) is 5.70. The maximum atomic E-state index is 11.4. The lowest BCUT2D eigenvalue weighted by molar-refractivity contribution is -0.126. The molecule has 0 bridgehead atoms. The highest BCUT2D eigenvalue weighted by molar-refractivity contribution is 5.80. The molecule has 0 aromatic rings. The molecule has 1 saturated heterocycles. The first-order chi connectivity index (χ1) is 6.37. The third-order valence-corrected chi connectivity index (χ3v) is 4.65. The van der Waals surface area contributed by atoms with Crippen molar-refractivity contribution in [2.45, 2.75) is 27.7 Å². The van der Waals surface area contributed by atoms with E-state index in [-0.39, 0.29) is 5.91 Å². The Morgan fingerprint density at radius 1 is 1.36 bits per heavy atom. The van der Waals surface area contributed by atoms with Crippen molar-refractivity contribution in [2.24, 2.45) is 16.7 Å². The van der Waals surface area contributed by atoms with Crippen LogP contribution in [0.1, 0.15) is 27.7 Å². The van der Waals surface area contributed by atoms with Crippen LogP contribution in [0, 0.1) is 16.7 Å². The van der Waals surface area contributed by atoms with Crippen molar-refractivity contribution < 1.29 is 4.79 Å². The summed E-state index contributed by atoms with van der Waals surface area (Å²) in [7, 11) is 0. The molecule has 1 N–H and O–H groups in total. The summed E-state index contributed by atoms with van der Waals surface area (Å²) in [5.41, 5.74) is 0.770. The molecule has 80 valence electrons. The molecule has 14 heavy (non-hydrogen) atoms. The van der Waals surface area contributed by atoms with E-state index in [1.807, 2.05) is 4.90 Å². The van der Waals surface area contributed by atoms with Crippen LogP contribution in [-0.2, 0) is 4.79 Å². The Labute approximate surface area is 85.8 Å². The van der Waals surface area contributed by atoms with E-state index in [1.54, 1.807) is 0 Å². The number of hydrogen-bond donors (Lipinski definition) is 1. The Morgan fingerprint density at radius 2 is 1.93 bits per heavy atom. The van der Waals surface area contributed by atoms with E-state index in [0.717, 1.165) is 13.2 Å². The van der Waals surface area contributed by atoms with E-state index in [9.17, 15) is 4.79 Å². The predicted molar refractivity (Wildman–Crippen MR) is 55.6 cm³/mol. The second kappa shape index (κ2) is 2.72. The fraction of sp³-hybridized carbons (Fsp3) is 0.909. The first-order valence-electron chi connectivity index (χ1n) is 5.36. The van der Waals surface area contributed by atoms with E-state index < -0.39 is 0 Å². The zero-order chi connectivity index (χ0) is 10.6. The number of rotatable bonds is 2. The van der Waals surface area contributed by atoms with E-state index in [2.05, 4.69) is 33.0 Å². The molecule has 1 heterocycles. The summed E-state index contributed by atoms with van der Waals surface area (Å²) < 4.78 is 0. The average Bonchev–Trinajstić information content (AvgIpc) is 2.46. The lowest BCUT2D eigenvalue weighted by Crippen LogP contribution is -2.29. The quantitative estimate of drug-likeness (QED) is 0.716. The van der Waals surface area contributed by atoms with Crippen LogP contribution < -0.4 is 5.32 Å². The molecule has 0 aromatic carbocycles. The molecule has 2 fully saturated rings. The minimum Gasteiger partial charge on any atom is -0.328 e. The van der Waals surface area contributed by atoms with Gasteiger partial charge in [0, 0.05) is 6.54 Å². The number of hydrogen-bond acceptors (Lipinski definition) is 2. The molecule has 3 nitrogen and oxygen atoms in total. The van der Waals surface area contributed by atoms with Gasteiger partial charge < -0.3 is 4.90 Å². The minimum atomic E-state index is 0.253. The molecule has 0 radical (unpaired) electrons. The second-order valence-corrected chi connectivity index (χ2v) is 5.70. The standard InChI is InChI=1S/C11H20N2O/c1-10(2)8(11(10,3)4)6-13-7-12-5-9(13)14/h8,12H,5-7H2,1-4H3. The van der Waals surface area contributed by atoms with Crippen LogP contribution in [0.2, 0.25) is 0 Å². The maximum Gasteiger partial charge on any atom is 0.237 e. The molecule has 0 aromatic heterocycles. The summed E-state index contributed by atoms with van der Waals surface area (Å²) in [6.45, 7) is 11.4. The van der Waals surface area contributed by atoms with Gasteiger partial charge in [-0.15, -0.1) is 0 Å². The topological polar surface area (TPSA) is 32.3 Å². The Hall–Kier alpha value is -0.570. The fourth-order valence-electron chi connectivity index (χ4n) is 2.67. The van der Waals surface area contributed by atoms with Crippen molar-refractivity contribution in [3.63, 3.8) is 0 Å². The van der Waals surface area contributed by atoms with Crippen molar-refractivity contribution >= 4 is 5.91 Å². The van der Waals surface area contributed by atoms with E-state index >= 15 is 0 Å². The van der Waals surface area contributed by atoms with Gasteiger partial charge >= 0.3 is 0 Å². The molecular formula is C11H20N2O. The summed E-state index contributed by atoms with van der Waals surface area (Å²) in [4.78, 5) is 13.4. The highest BCUT2D eigenvalue weighted by atomic mass is 16.2. The zero-order valence-corrected chi connectivity index (χ0v) is 9.55.